The Balaban J connectivity index is 0.629. The normalized spacial score (nSPS) is 26.0. The average Bonchev–Trinajstić information content (AvgIpc) is 0.950. The average molecular weight is 1700 g/mol. The maximum atomic E-state index is 14.2. The van der Waals surface area contributed by atoms with Crippen molar-refractivity contribution in [3.05, 3.63) is 284 Å². The van der Waals surface area contributed by atoms with Gasteiger partial charge in [-0.15, -0.1) is 20.4 Å². The maximum Gasteiger partial charge on any atom is 0.338 e. The summed E-state index contributed by atoms with van der Waals surface area (Å²) in [5, 5.41) is 42.9. The predicted octanol–water partition coefficient (Wildman–Crippen LogP) is 11.6. The van der Waals surface area contributed by atoms with Crippen LogP contribution < -0.4 is 0 Å². The molecule has 646 valence electrons. The van der Waals surface area contributed by atoms with E-state index in [1.807, 2.05) is 34.6 Å². The second-order valence-electron chi connectivity index (χ2n) is 31.1. The molecule has 0 radical (unpaired) electrons. The molecule has 4 aromatic heterocycles. The molecule has 3 saturated heterocycles. The van der Waals surface area contributed by atoms with E-state index in [2.05, 4.69) is 61.3 Å². The van der Waals surface area contributed by atoms with Gasteiger partial charge in [0.15, 0.2) is 37.2 Å². The van der Waals surface area contributed by atoms with Crippen LogP contribution >= 0.6 is 0 Å². The topological polar surface area (TPSA) is 443 Å². The van der Waals surface area contributed by atoms with Crippen LogP contribution in [0.25, 0.3) is 20.9 Å². The molecule has 37 nitrogen and oxygen atoms in total. The molecule has 7 heterocycles. The van der Waals surface area contributed by atoms with Crippen molar-refractivity contribution < 1.29 is 90.3 Å². The number of azide groups is 2. The van der Waals surface area contributed by atoms with Crippen LogP contribution in [-0.4, -0.2) is 189 Å². The summed E-state index contributed by atoms with van der Waals surface area (Å²) in [4.78, 5) is 89.0. The standard InChI is InChI=1S/C87H94N18O19/c1-52-54(3)75(121-81(108)60-29-17-9-18-30-60)86(116-70(52)41-91-97-89)114-51-68-45-104(100-95-68)46-71-53(2)55(4)76(122-82(109)61-31-19-10-20-32-61)87(117-71)115-50-66-43-103(99-93-66)38-37-102-42-65(92-98-102)49-113-85-57(6)74(120-80(107)59-27-15-8-16-28-59)78(124-84(111)63-35-23-12-24-36-63)72(118-85)47-105-44-67(94-101-105)48-112-69-39-64(40-90-96-88)77(123-83(110)62-33-21-11-22-34-62)73(56(69)5)119-79(106)58-25-13-7-14-26-58/h7-36,42-45,52-57,64,69-78,85-87H,37-41,46-51H2,1-6H3/t52-,53-,54-,55-,56+,57-,64+,69-,70+,71+,72+,73+,74+,75-,76-,77+,78+,85?,86-,87-/m0/s1. The van der Waals surface area contributed by atoms with Crippen LogP contribution in [0.2, 0.25) is 0 Å². The lowest BCUT2D eigenvalue weighted by Gasteiger charge is -2.44. The van der Waals surface area contributed by atoms with Gasteiger partial charge in [-0.05, 0) is 102 Å². The highest BCUT2D eigenvalue weighted by Gasteiger charge is 2.52. The fraction of sp³-hybridized carbons (Fsp3) is 0.425. The van der Waals surface area contributed by atoms with Crippen LogP contribution in [0.5, 0.6) is 0 Å². The van der Waals surface area contributed by atoms with Crippen molar-refractivity contribution in [1.82, 2.24) is 60.0 Å². The van der Waals surface area contributed by atoms with Gasteiger partial charge in [-0.25, -0.2) is 38.1 Å². The first-order valence-corrected chi connectivity index (χ1v) is 40.9. The number of benzene rings is 6. The van der Waals surface area contributed by atoms with E-state index in [0.29, 0.717) is 33.9 Å². The van der Waals surface area contributed by atoms with Gasteiger partial charge in [0, 0.05) is 46.0 Å². The molecule has 14 rings (SSSR count). The zero-order chi connectivity index (χ0) is 86.6. The predicted molar refractivity (Wildman–Crippen MR) is 434 cm³/mol. The van der Waals surface area contributed by atoms with Crippen molar-refractivity contribution in [2.45, 2.75) is 180 Å². The first-order valence-electron chi connectivity index (χ1n) is 40.9. The van der Waals surface area contributed by atoms with E-state index >= 15 is 0 Å². The first-order chi connectivity index (χ1) is 60.3. The van der Waals surface area contributed by atoms with Crippen LogP contribution in [0, 0.1) is 41.4 Å². The highest BCUT2D eigenvalue weighted by Crippen LogP contribution is 2.41. The van der Waals surface area contributed by atoms with E-state index in [9.17, 15) is 34.3 Å². The summed E-state index contributed by atoms with van der Waals surface area (Å²) < 4.78 is 89.5. The summed E-state index contributed by atoms with van der Waals surface area (Å²) in [6.07, 6.45) is -5.46. The van der Waals surface area contributed by atoms with Crippen molar-refractivity contribution >= 4 is 35.8 Å². The molecule has 0 N–H and O–H groups in total. The minimum atomic E-state index is -1.27. The highest BCUT2D eigenvalue weighted by molar-refractivity contribution is 5.92. The molecule has 10 aromatic rings. The van der Waals surface area contributed by atoms with Crippen LogP contribution in [0.1, 0.15) is 133 Å². The minimum Gasteiger partial charge on any atom is -0.455 e. The smallest absolute Gasteiger partial charge is 0.338 e. The van der Waals surface area contributed by atoms with E-state index in [0.717, 1.165) is 0 Å². The SMILES string of the molecule is C[C@H]1[C@H](C)[C@@H](CN=[N+]=[N-])O[C@H](OCc2cn(C[C@H]3O[C@H](OCc4cn(CCn5cc(COC6O[C@H](Cn7cc(CO[C@H]8C[C@H](CN=[N+]=[N-])[C@@H](OC(=O)c9ccccc9)[C@H](OC(=O)c9ccccc9)[C@@H]8C)nn7)[C@@H](OC(=O)c7ccccc7)[C@H](OC(=O)c7ccccc7)[C@@H]6C)nn5)nn4)[C@@H](OC(=O)c4ccccc4)[C@@H](C)[C@@H]3C)nn2)[C@H]1OC(=O)c1ccccc1. The van der Waals surface area contributed by atoms with E-state index in [1.54, 1.807) is 228 Å². The number of rotatable bonds is 35. The fourth-order valence-electron chi connectivity index (χ4n) is 15.5. The molecular formula is C87H94N18O19. The van der Waals surface area contributed by atoms with Gasteiger partial charge in [0.05, 0.1) is 136 Å². The Hall–Kier alpha value is -13.0. The molecule has 1 saturated carbocycles. The lowest BCUT2D eigenvalue weighted by Crippen LogP contribution is -2.58. The van der Waals surface area contributed by atoms with E-state index in [4.69, 9.17) is 67.1 Å². The van der Waals surface area contributed by atoms with Gasteiger partial charge < -0.3 is 61.6 Å². The number of carbonyl (C=O) groups is 6. The quantitative estimate of drug-likeness (QED) is 0.0117. The Morgan fingerprint density at radius 3 is 1.06 bits per heavy atom. The van der Waals surface area contributed by atoms with Crippen molar-refractivity contribution in [2.24, 2.45) is 51.7 Å². The summed E-state index contributed by atoms with van der Waals surface area (Å²) in [5.74, 6) is -6.84. The number of hydrogen-bond acceptors (Lipinski definition) is 29. The Labute approximate surface area is 712 Å². The van der Waals surface area contributed by atoms with E-state index in [-0.39, 0.29) is 118 Å². The Bertz CT molecular complexity index is 5300. The third kappa shape index (κ3) is 22.1. The number of hydrogen-bond donors (Lipinski definition) is 0. The van der Waals surface area contributed by atoms with Crippen LogP contribution in [0.15, 0.2) is 217 Å². The van der Waals surface area contributed by atoms with Crippen molar-refractivity contribution in [1.29, 1.82) is 0 Å². The van der Waals surface area contributed by atoms with Gasteiger partial charge in [0.25, 0.3) is 0 Å². The first kappa shape index (κ1) is 87.4. The van der Waals surface area contributed by atoms with Gasteiger partial charge in [-0.2, -0.15) is 0 Å². The van der Waals surface area contributed by atoms with Crippen LogP contribution in [0.4, 0.5) is 0 Å². The molecule has 0 spiro atoms. The molecule has 37 heteroatoms. The molecule has 1 unspecified atom stereocenters. The molecule has 4 fully saturated rings. The zero-order valence-corrected chi connectivity index (χ0v) is 68.8. The summed E-state index contributed by atoms with van der Waals surface area (Å²) >= 11 is 0. The molecule has 6 aromatic carbocycles. The van der Waals surface area contributed by atoms with Crippen molar-refractivity contribution in [3.8, 4) is 0 Å². The van der Waals surface area contributed by atoms with Crippen molar-refractivity contribution in [3.63, 3.8) is 0 Å². The molecule has 4 aliphatic rings. The monoisotopic (exact) mass is 1690 g/mol. The molecule has 20 atom stereocenters. The van der Waals surface area contributed by atoms with Gasteiger partial charge >= 0.3 is 35.8 Å². The van der Waals surface area contributed by atoms with Crippen LogP contribution in [-0.2, 0) is 114 Å². The fourth-order valence-corrected chi connectivity index (χ4v) is 15.5. The lowest BCUT2D eigenvalue weighted by molar-refractivity contribution is -0.282. The molecule has 0 amide bonds. The zero-order valence-electron chi connectivity index (χ0n) is 68.8. The Kier molecular flexibility index (Phi) is 29.4. The van der Waals surface area contributed by atoms with E-state index in [1.165, 1.54) is 4.68 Å². The summed E-state index contributed by atoms with van der Waals surface area (Å²) in [5.41, 5.74) is 22.0. The number of aromatic nitrogens is 12. The van der Waals surface area contributed by atoms with Crippen molar-refractivity contribution in [2.75, 3.05) is 13.1 Å². The highest BCUT2D eigenvalue weighted by atomic mass is 16.7. The second kappa shape index (κ2) is 41.7. The number of carbonyl (C=O) groups excluding carboxylic acids is 6. The number of aryl methyl sites for hydroxylation is 2. The van der Waals surface area contributed by atoms with Gasteiger partial charge in [0.1, 0.15) is 47.2 Å². The summed E-state index contributed by atoms with van der Waals surface area (Å²) in [6, 6.07) is 50.7. The third-order valence-corrected chi connectivity index (χ3v) is 22.9. The van der Waals surface area contributed by atoms with Gasteiger partial charge in [-0.3, -0.25) is 9.36 Å². The number of nitrogens with zero attached hydrogens (tertiary/aromatic N) is 18. The van der Waals surface area contributed by atoms with Gasteiger partial charge in [-0.1, -0.05) is 182 Å². The Morgan fingerprint density at radius 2 is 0.653 bits per heavy atom. The lowest BCUT2D eigenvalue weighted by atomic mass is 9.76. The molecule has 1 aliphatic carbocycles. The molecule has 0 bridgehead atoms. The molecule has 124 heavy (non-hydrogen) atoms. The van der Waals surface area contributed by atoms with E-state index < -0.39 is 133 Å². The third-order valence-electron chi connectivity index (χ3n) is 22.9. The summed E-state index contributed by atoms with van der Waals surface area (Å²) in [6.45, 7) is 11.5. The maximum absolute atomic E-state index is 14.2. The Morgan fingerprint density at radius 1 is 0.347 bits per heavy atom. The number of esters is 6. The largest absolute Gasteiger partial charge is 0.455 e. The number of ether oxygens (including phenoxy) is 13. The second-order valence-corrected chi connectivity index (χ2v) is 31.1. The minimum absolute atomic E-state index is 0.0460. The molecular weight excluding hydrogens is 1600 g/mol. The van der Waals surface area contributed by atoms with Crippen LogP contribution in [0.3, 0.4) is 0 Å². The summed E-state index contributed by atoms with van der Waals surface area (Å²) in [7, 11) is 0. The van der Waals surface area contributed by atoms with Gasteiger partial charge in [0.2, 0.25) is 0 Å². The molecule has 3 aliphatic heterocycles.